The average Bonchev–Trinajstić information content (AvgIpc) is 3.12. The molecule has 2 aromatic carbocycles. The molecule has 1 amide bonds. The zero-order valence-corrected chi connectivity index (χ0v) is 18.2. The van der Waals surface area contributed by atoms with E-state index in [4.69, 9.17) is 27.9 Å². The molecule has 29 heavy (non-hydrogen) atoms. The number of carbonyl (C=O) groups excluding carboxylic acids is 1. The first kappa shape index (κ1) is 21.5. The Morgan fingerprint density at radius 2 is 1.86 bits per heavy atom. The third-order valence-electron chi connectivity index (χ3n) is 3.91. The first-order chi connectivity index (χ1) is 13.9. The van der Waals surface area contributed by atoms with Crippen molar-refractivity contribution in [2.24, 2.45) is 0 Å². The Morgan fingerprint density at radius 3 is 2.52 bits per heavy atom. The van der Waals surface area contributed by atoms with Gasteiger partial charge < -0.3 is 10.1 Å². The zero-order chi connectivity index (χ0) is 20.8. The number of aromatic amines is 1. The fourth-order valence-corrected chi connectivity index (χ4v) is 3.60. The van der Waals surface area contributed by atoms with Gasteiger partial charge in [-0.2, -0.15) is 0 Å². The first-order valence-corrected chi connectivity index (χ1v) is 10.7. The topological polar surface area (TPSA) is 79.9 Å². The summed E-state index contributed by atoms with van der Waals surface area (Å²) < 4.78 is 5.72. The van der Waals surface area contributed by atoms with E-state index < -0.39 is 0 Å². The summed E-state index contributed by atoms with van der Waals surface area (Å²) >= 11 is 13.1. The molecule has 3 aromatic rings. The molecular weight excluding hydrogens is 431 g/mol. The van der Waals surface area contributed by atoms with Gasteiger partial charge in [0.1, 0.15) is 12.4 Å². The number of rotatable bonds is 8. The van der Waals surface area contributed by atoms with Crippen LogP contribution in [-0.2, 0) is 11.4 Å². The van der Waals surface area contributed by atoms with Crippen LogP contribution in [0.5, 0.6) is 5.75 Å². The molecule has 152 valence electrons. The van der Waals surface area contributed by atoms with Gasteiger partial charge in [0.15, 0.2) is 5.82 Å². The molecule has 1 aromatic heterocycles. The quantitative estimate of drug-likeness (QED) is 0.440. The van der Waals surface area contributed by atoms with Gasteiger partial charge >= 0.3 is 0 Å². The lowest BCUT2D eigenvalue weighted by Gasteiger charge is -2.07. The summed E-state index contributed by atoms with van der Waals surface area (Å²) in [6.07, 6.45) is 0. The predicted molar refractivity (Wildman–Crippen MR) is 117 cm³/mol. The number of benzene rings is 2. The minimum atomic E-state index is -0.207. The molecule has 0 aliphatic carbocycles. The van der Waals surface area contributed by atoms with Crippen molar-refractivity contribution in [2.45, 2.75) is 31.5 Å². The summed E-state index contributed by atoms with van der Waals surface area (Å²) in [6.45, 7) is 4.56. The Kier molecular flexibility index (Phi) is 7.41. The van der Waals surface area contributed by atoms with Crippen LogP contribution >= 0.6 is 35.0 Å². The minimum absolute atomic E-state index is 0.152. The van der Waals surface area contributed by atoms with Crippen LogP contribution < -0.4 is 10.1 Å². The van der Waals surface area contributed by atoms with Crippen LogP contribution in [0.2, 0.25) is 10.0 Å². The summed E-state index contributed by atoms with van der Waals surface area (Å²) in [5, 5.41) is 11.0. The van der Waals surface area contributed by atoms with Crippen molar-refractivity contribution in [3.63, 3.8) is 0 Å². The molecule has 0 fully saturated rings. The number of H-pyrrole nitrogens is 1. The van der Waals surface area contributed by atoms with E-state index in [2.05, 4.69) is 34.3 Å². The molecule has 0 radical (unpaired) electrons. The molecule has 0 unspecified atom stereocenters. The van der Waals surface area contributed by atoms with Crippen LogP contribution in [0.25, 0.3) is 0 Å². The molecule has 2 N–H and O–H groups in total. The Morgan fingerprint density at radius 1 is 1.17 bits per heavy atom. The summed E-state index contributed by atoms with van der Waals surface area (Å²) in [7, 11) is 0. The number of nitrogens with one attached hydrogen (secondary N) is 2. The number of hydrogen-bond donors (Lipinski definition) is 2. The molecule has 0 aliphatic heterocycles. The van der Waals surface area contributed by atoms with Crippen molar-refractivity contribution in [3.05, 3.63) is 63.9 Å². The molecule has 9 heteroatoms. The molecule has 1 heterocycles. The van der Waals surface area contributed by atoms with E-state index in [9.17, 15) is 4.79 Å². The number of amides is 1. The van der Waals surface area contributed by atoms with Gasteiger partial charge in [0, 0.05) is 15.7 Å². The minimum Gasteiger partial charge on any atom is -0.486 e. The Labute approximate surface area is 183 Å². The van der Waals surface area contributed by atoms with Gasteiger partial charge in [0.05, 0.1) is 5.75 Å². The van der Waals surface area contributed by atoms with Crippen LogP contribution in [-0.4, -0.2) is 26.8 Å². The zero-order valence-electron chi connectivity index (χ0n) is 15.9. The van der Waals surface area contributed by atoms with Gasteiger partial charge in [-0.3, -0.25) is 9.89 Å². The molecule has 0 saturated heterocycles. The Hall–Kier alpha value is -2.22. The molecule has 6 nitrogen and oxygen atoms in total. The van der Waals surface area contributed by atoms with E-state index in [0.29, 0.717) is 32.6 Å². The largest absolute Gasteiger partial charge is 0.486 e. The van der Waals surface area contributed by atoms with Crippen molar-refractivity contribution >= 4 is 46.6 Å². The first-order valence-electron chi connectivity index (χ1n) is 8.92. The molecule has 3 rings (SSSR count). The van der Waals surface area contributed by atoms with Gasteiger partial charge in [-0.15, -0.1) is 5.10 Å². The standard InChI is InChI=1S/C20H20Cl2N4O2S/c1-12(2)13-3-5-17(6-4-13)28-10-18-24-20(26-25-18)29-11-19(27)23-16-8-14(21)7-15(22)9-16/h3-9,12H,10-11H2,1-2H3,(H,23,27)(H,24,25,26). The lowest BCUT2D eigenvalue weighted by atomic mass is 10.0. The summed E-state index contributed by atoms with van der Waals surface area (Å²) in [6, 6.07) is 12.8. The molecule has 0 spiro atoms. The van der Waals surface area contributed by atoms with E-state index >= 15 is 0 Å². The lowest BCUT2D eigenvalue weighted by molar-refractivity contribution is -0.113. The smallest absolute Gasteiger partial charge is 0.234 e. The van der Waals surface area contributed by atoms with Crippen LogP contribution in [0.1, 0.15) is 31.2 Å². The van der Waals surface area contributed by atoms with Gasteiger partial charge in [-0.05, 0) is 41.8 Å². The van der Waals surface area contributed by atoms with E-state index in [0.717, 1.165) is 5.75 Å². The Balaban J connectivity index is 1.46. The van der Waals surface area contributed by atoms with E-state index in [1.165, 1.54) is 17.3 Å². The number of thioether (sulfide) groups is 1. The highest BCUT2D eigenvalue weighted by Crippen LogP contribution is 2.23. The monoisotopic (exact) mass is 450 g/mol. The SMILES string of the molecule is CC(C)c1ccc(OCc2nc(SCC(=O)Nc3cc(Cl)cc(Cl)c3)n[nH]2)cc1. The number of anilines is 1. The van der Waals surface area contributed by atoms with Gasteiger partial charge in [0.25, 0.3) is 0 Å². The molecule has 0 atom stereocenters. The summed E-state index contributed by atoms with van der Waals surface area (Å²) in [4.78, 5) is 16.4. The third kappa shape index (κ3) is 6.66. The molecule has 0 aliphatic rings. The number of carbonyl (C=O) groups is 1. The molecule has 0 bridgehead atoms. The highest BCUT2D eigenvalue weighted by Gasteiger charge is 2.10. The van der Waals surface area contributed by atoms with Gasteiger partial charge in [-0.1, -0.05) is 60.9 Å². The van der Waals surface area contributed by atoms with Gasteiger partial charge in [0.2, 0.25) is 11.1 Å². The van der Waals surface area contributed by atoms with E-state index in [1.54, 1.807) is 18.2 Å². The van der Waals surface area contributed by atoms with Crippen molar-refractivity contribution in [3.8, 4) is 5.75 Å². The number of nitrogens with zero attached hydrogens (tertiary/aromatic N) is 2. The van der Waals surface area contributed by atoms with E-state index in [-0.39, 0.29) is 18.3 Å². The number of ether oxygens (including phenoxy) is 1. The normalized spacial score (nSPS) is 10.9. The van der Waals surface area contributed by atoms with Crippen LogP contribution in [0.15, 0.2) is 47.6 Å². The van der Waals surface area contributed by atoms with Crippen molar-refractivity contribution in [2.75, 3.05) is 11.1 Å². The second-order valence-corrected chi connectivity index (χ2v) is 8.39. The van der Waals surface area contributed by atoms with Gasteiger partial charge in [-0.25, -0.2) is 4.98 Å². The summed E-state index contributed by atoms with van der Waals surface area (Å²) in [5.41, 5.74) is 1.80. The highest BCUT2D eigenvalue weighted by molar-refractivity contribution is 7.99. The van der Waals surface area contributed by atoms with Crippen LogP contribution in [0.4, 0.5) is 5.69 Å². The highest BCUT2D eigenvalue weighted by atomic mass is 35.5. The molecule has 0 saturated carbocycles. The fourth-order valence-electron chi connectivity index (χ4n) is 2.46. The van der Waals surface area contributed by atoms with Crippen molar-refractivity contribution in [1.82, 2.24) is 15.2 Å². The number of hydrogen-bond acceptors (Lipinski definition) is 5. The van der Waals surface area contributed by atoms with Crippen LogP contribution in [0, 0.1) is 0 Å². The average molecular weight is 451 g/mol. The number of halogens is 2. The predicted octanol–water partition coefficient (Wildman–Crippen LogP) is 5.54. The second-order valence-electron chi connectivity index (χ2n) is 6.57. The summed E-state index contributed by atoms with van der Waals surface area (Å²) in [5.74, 6) is 1.77. The fraction of sp³-hybridized carbons (Fsp3) is 0.250. The van der Waals surface area contributed by atoms with Crippen LogP contribution in [0.3, 0.4) is 0 Å². The van der Waals surface area contributed by atoms with Crippen molar-refractivity contribution < 1.29 is 9.53 Å². The maximum atomic E-state index is 12.1. The third-order valence-corrected chi connectivity index (χ3v) is 5.20. The van der Waals surface area contributed by atoms with E-state index in [1.807, 2.05) is 24.3 Å². The Bertz CT molecular complexity index is 957. The lowest BCUT2D eigenvalue weighted by Crippen LogP contribution is -2.14. The molecular formula is C20H20Cl2N4O2S. The number of aromatic nitrogens is 3. The maximum Gasteiger partial charge on any atom is 0.234 e. The van der Waals surface area contributed by atoms with Crippen molar-refractivity contribution in [1.29, 1.82) is 0 Å². The second kappa shape index (κ2) is 10.0. The maximum absolute atomic E-state index is 12.1.